The van der Waals surface area contributed by atoms with Crippen LogP contribution in [-0.2, 0) is 27.8 Å². The lowest BCUT2D eigenvalue weighted by atomic mass is 10.1. The van der Waals surface area contributed by atoms with Crippen LogP contribution in [0.4, 0.5) is 0 Å². The second kappa shape index (κ2) is 15.1. The number of carbonyl (C=O) groups is 2. The molecule has 0 fully saturated rings. The fraction of sp³-hybridized carbons (Fsp3) is 0.565. The molecule has 1 N–H and O–H groups in total. The van der Waals surface area contributed by atoms with Crippen LogP contribution >= 0.6 is 10.3 Å². The third kappa shape index (κ3) is 12.8. The number of hydrogen-bond acceptors (Lipinski definition) is 7. The molecule has 0 saturated carbocycles. The Morgan fingerprint density at radius 1 is 0.939 bits per heavy atom. The molecule has 0 aromatic heterocycles. The van der Waals surface area contributed by atoms with Gasteiger partial charge in [0.2, 0.25) is 5.91 Å². The number of hydrogen-bond donors (Lipinski definition) is 1. The maximum atomic E-state index is 12.1. The van der Waals surface area contributed by atoms with E-state index in [0.29, 0.717) is 23.6 Å². The number of nitrogens with one attached hydrogen (secondary N) is 1. The maximum Gasteiger partial charge on any atom is 0.409 e. The van der Waals surface area contributed by atoms with Crippen LogP contribution in [0.2, 0.25) is 0 Å². The molecule has 188 valence electrons. The SMILES string of the molecule is C=CC(=O)NCCCCCCCCCCC(=O)Oc1ccc(S(C)(C)OS(=O)(=O)OC)cc1. The zero-order valence-corrected chi connectivity index (χ0v) is 21.5. The molecule has 0 atom stereocenters. The molecule has 0 aliphatic carbocycles. The minimum atomic E-state index is -4.05. The van der Waals surface area contributed by atoms with Crippen LogP contribution in [0.15, 0.2) is 41.8 Å². The van der Waals surface area contributed by atoms with Gasteiger partial charge in [0.1, 0.15) is 5.75 Å². The molecular weight excluding hydrogens is 466 g/mol. The number of unbranched alkanes of at least 4 members (excludes halogenated alkanes) is 7. The van der Waals surface area contributed by atoms with Crippen LogP contribution in [0.5, 0.6) is 5.75 Å². The van der Waals surface area contributed by atoms with E-state index in [1.165, 1.54) is 6.08 Å². The minimum Gasteiger partial charge on any atom is -0.427 e. The fourth-order valence-corrected chi connectivity index (χ4v) is 6.03. The van der Waals surface area contributed by atoms with E-state index >= 15 is 0 Å². The summed E-state index contributed by atoms with van der Waals surface area (Å²) in [4.78, 5) is 23.7. The predicted octanol–water partition coefficient (Wildman–Crippen LogP) is 4.65. The van der Waals surface area contributed by atoms with Crippen molar-refractivity contribution < 1.29 is 30.6 Å². The van der Waals surface area contributed by atoms with Gasteiger partial charge in [-0.3, -0.25) is 13.8 Å². The fourth-order valence-electron chi connectivity index (χ4n) is 3.03. The highest BCUT2D eigenvalue weighted by Gasteiger charge is 2.24. The first-order valence-electron chi connectivity index (χ1n) is 11.1. The van der Waals surface area contributed by atoms with Crippen molar-refractivity contribution in [1.29, 1.82) is 0 Å². The predicted molar refractivity (Wildman–Crippen MR) is 132 cm³/mol. The van der Waals surface area contributed by atoms with Gasteiger partial charge in [-0.2, -0.15) is 12.0 Å². The molecule has 1 amide bonds. The Bertz CT molecular complexity index is 852. The van der Waals surface area contributed by atoms with Crippen molar-refractivity contribution >= 4 is 32.6 Å². The summed E-state index contributed by atoms with van der Waals surface area (Å²) in [7, 11) is -5.09. The van der Waals surface area contributed by atoms with Crippen molar-refractivity contribution in [2.45, 2.75) is 62.7 Å². The lowest BCUT2D eigenvalue weighted by molar-refractivity contribution is -0.134. The zero-order chi connectivity index (χ0) is 24.7. The van der Waals surface area contributed by atoms with Crippen LogP contribution in [0.1, 0.15) is 57.8 Å². The van der Waals surface area contributed by atoms with Gasteiger partial charge < -0.3 is 10.1 Å². The molecule has 0 aliphatic heterocycles. The second-order valence-corrected chi connectivity index (χ2v) is 12.5. The van der Waals surface area contributed by atoms with Gasteiger partial charge in [-0.25, -0.2) is 0 Å². The molecule has 0 unspecified atom stereocenters. The topological polar surface area (TPSA) is 108 Å². The molecule has 8 nitrogen and oxygen atoms in total. The highest BCUT2D eigenvalue weighted by atomic mass is 32.3. The van der Waals surface area contributed by atoms with Gasteiger partial charge >= 0.3 is 16.4 Å². The minimum absolute atomic E-state index is 0.124. The molecular formula is C23H37NO7S2. The molecule has 0 bridgehead atoms. The third-order valence-electron chi connectivity index (χ3n) is 4.87. The van der Waals surface area contributed by atoms with Crippen molar-refractivity contribution in [3.63, 3.8) is 0 Å². The van der Waals surface area contributed by atoms with Crippen LogP contribution in [0, 0.1) is 0 Å². The Hall–Kier alpha value is -1.88. The molecule has 33 heavy (non-hydrogen) atoms. The van der Waals surface area contributed by atoms with Gasteiger partial charge in [0, 0.05) is 17.9 Å². The standard InChI is InChI=1S/C23H37NO7S2/c1-5-22(25)24-19-13-11-9-7-6-8-10-12-14-23(26)30-20-15-17-21(18-16-20)32(3,4)31-33(27,28)29-2/h5,15-18H,1,6-14,19H2,2-4H3,(H,24,25). The van der Waals surface area contributed by atoms with Gasteiger partial charge in [-0.1, -0.05) is 55.4 Å². The van der Waals surface area contributed by atoms with E-state index in [4.69, 9.17) is 8.37 Å². The van der Waals surface area contributed by atoms with E-state index in [0.717, 1.165) is 58.5 Å². The summed E-state index contributed by atoms with van der Waals surface area (Å²) < 4.78 is 38.0. The van der Waals surface area contributed by atoms with Gasteiger partial charge in [-0.05, 0) is 55.7 Å². The number of esters is 1. The smallest absolute Gasteiger partial charge is 0.409 e. The molecule has 0 spiro atoms. The first kappa shape index (κ1) is 29.2. The summed E-state index contributed by atoms with van der Waals surface area (Å²) in [5, 5.41) is 2.77. The second-order valence-electron chi connectivity index (χ2n) is 7.90. The molecule has 0 saturated heterocycles. The van der Waals surface area contributed by atoms with Gasteiger partial charge in [0.25, 0.3) is 0 Å². The van der Waals surface area contributed by atoms with E-state index < -0.39 is 20.7 Å². The Balaban J connectivity index is 2.19. The average molecular weight is 504 g/mol. The summed E-state index contributed by atoms with van der Waals surface area (Å²) in [5.74, 6) is 0.00706. The largest absolute Gasteiger partial charge is 0.427 e. The molecule has 1 aromatic carbocycles. The number of amides is 1. The molecule has 1 aromatic rings. The van der Waals surface area contributed by atoms with Crippen LogP contribution < -0.4 is 10.1 Å². The summed E-state index contributed by atoms with van der Waals surface area (Å²) in [6.45, 7) is 4.11. The Kier molecular flexibility index (Phi) is 13.3. The van der Waals surface area contributed by atoms with Crippen molar-refractivity contribution in [3.8, 4) is 5.75 Å². The Morgan fingerprint density at radius 2 is 1.48 bits per heavy atom. The molecule has 10 heteroatoms. The molecule has 1 rings (SSSR count). The summed E-state index contributed by atoms with van der Waals surface area (Å²) in [5.41, 5.74) is 0. The molecule has 0 radical (unpaired) electrons. The molecule has 0 aliphatic rings. The zero-order valence-electron chi connectivity index (χ0n) is 19.8. The number of ether oxygens (including phenoxy) is 1. The van der Waals surface area contributed by atoms with Crippen molar-refractivity contribution in [3.05, 3.63) is 36.9 Å². The van der Waals surface area contributed by atoms with Crippen molar-refractivity contribution in [2.24, 2.45) is 0 Å². The van der Waals surface area contributed by atoms with Crippen LogP contribution in [-0.4, -0.2) is 46.5 Å². The van der Waals surface area contributed by atoms with E-state index in [1.807, 2.05) is 0 Å². The normalized spacial score (nSPS) is 12.2. The van der Waals surface area contributed by atoms with Crippen LogP contribution in [0.3, 0.4) is 0 Å². The highest BCUT2D eigenvalue weighted by Crippen LogP contribution is 2.51. The average Bonchev–Trinajstić information content (AvgIpc) is 2.77. The van der Waals surface area contributed by atoms with E-state index in [9.17, 15) is 18.0 Å². The lowest BCUT2D eigenvalue weighted by Gasteiger charge is -2.29. The summed E-state index contributed by atoms with van der Waals surface area (Å²) in [6, 6.07) is 6.65. The van der Waals surface area contributed by atoms with Crippen LogP contribution in [0.25, 0.3) is 0 Å². The Morgan fingerprint density at radius 3 is 2.03 bits per heavy atom. The Labute approximate surface area is 199 Å². The quantitative estimate of drug-likeness (QED) is 0.143. The first-order valence-corrected chi connectivity index (χ1v) is 14.8. The van der Waals surface area contributed by atoms with Crippen molar-refractivity contribution in [1.82, 2.24) is 5.32 Å². The monoisotopic (exact) mass is 503 g/mol. The first-order chi connectivity index (χ1) is 15.6. The van der Waals surface area contributed by atoms with Gasteiger partial charge in [0.15, 0.2) is 0 Å². The summed E-state index contributed by atoms with van der Waals surface area (Å²) in [6.07, 6.45) is 13.4. The number of benzene rings is 1. The third-order valence-corrected chi connectivity index (χ3v) is 8.72. The summed E-state index contributed by atoms with van der Waals surface area (Å²) >= 11 is 0. The lowest BCUT2D eigenvalue weighted by Crippen LogP contribution is -2.21. The van der Waals surface area contributed by atoms with Gasteiger partial charge in [-0.15, -0.1) is 0 Å². The number of rotatable bonds is 17. The van der Waals surface area contributed by atoms with E-state index in [-0.39, 0.29) is 11.9 Å². The number of carbonyl (C=O) groups excluding carboxylic acids is 2. The van der Waals surface area contributed by atoms with Gasteiger partial charge in [0.05, 0.1) is 7.11 Å². The molecule has 0 heterocycles. The van der Waals surface area contributed by atoms with E-state index in [1.54, 1.807) is 36.8 Å². The van der Waals surface area contributed by atoms with Crippen molar-refractivity contribution in [2.75, 3.05) is 26.2 Å². The highest BCUT2D eigenvalue weighted by molar-refractivity contribution is 8.31. The van der Waals surface area contributed by atoms with E-state index in [2.05, 4.69) is 16.1 Å². The maximum absolute atomic E-state index is 12.1.